The van der Waals surface area contributed by atoms with Gasteiger partial charge in [-0.2, -0.15) is 0 Å². The zero-order chi connectivity index (χ0) is 16.3. The van der Waals surface area contributed by atoms with Crippen LogP contribution < -0.4 is 14.2 Å². The molecule has 0 saturated heterocycles. The number of rotatable bonds is 5. The fourth-order valence-electron chi connectivity index (χ4n) is 1.80. The molecule has 0 amide bonds. The lowest BCUT2D eigenvalue weighted by molar-refractivity contribution is 0.403. The molecule has 0 heterocycles. The maximum absolute atomic E-state index is 12.5. The van der Waals surface area contributed by atoms with E-state index in [1.807, 2.05) is 0 Å². The minimum Gasteiger partial charge on any atom is -0.495 e. The maximum Gasteiger partial charge on any atom is 0.265 e. The second kappa shape index (κ2) is 6.64. The lowest BCUT2D eigenvalue weighted by Gasteiger charge is -2.12. The first-order valence-electron chi connectivity index (χ1n) is 6.07. The van der Waals surface area contributed by atoms with E-state index in [1.165, 1.54) is 32.4 Å². The summed E-state index contributed by atoms with van der Waals surface area (Å²) in [6.07, 6.45) is 0. The fraction of sp³-hybridized carbons (Fsp3) is 0.143. The van der Waals surface area contributed by atoms with Crippen molar-refractivity contribution >= 4 is 38.9 Å². The molecule has 8 heteroatoms. The Morgan fingerprint density at radius 1 is 0.955 bits per heavy atom. The minimum absolute atomic E-state index is 0.0607. The zero-order valence-electron chi connectivity index (χ0n) is 11.8. The molecular formula is C14H13Cl2NO4S. The molecule has 118 valence electrons. The first-order valence-corrected chi connectivity index (χ1v) is 8.31. The smallest absolute Gasteiger partial charge is 0.265 e. The molecule has 0 unspecified atom stereocenters. The number of anilines is 1. The second-order valence-corrected chi connectivity index (χ2v) is 6.74. The molecule has 0 radical (unpaired) electrons. The third kappa shape index (κ3) is 3.58. The van der Waals surface area contributed by atoms with E-state index in [-0.39, 0.29) is 15.7 Å². The summed E-state index contributed by atoms with van der Waals surface area (Å²) in [5.74, 6) is 0.640. The van der Waals surface area contributed by atoms with Gasteiger partial charge in [0.15, 0.2) is 0 Å². The Morgan fingerprint density at radius 3 is 2.18 bits per heavy atom. The molecule has 0 aromatic heterocycles. The number of ether oxygens (including phenoxy) is 2. The molecule has 2 aromatic carbocycles. The van der Waals surface area contributed by atoms with Gasteiger partial charge in [0.05, 0.1) is 24.9 Å². The van der Waals surface area contributed by atoms with E-state index in [4.69, 9.17) is 32.7 Å². The van der Waals surface area contributed by atoms with Crippen molar-refractivity contribution in [2.24, 2.45) is 0 Å². The lowest BCUT2D eigenvalue weighted by Crippen LogP contribution is -2.14. The molecule has 0 bridgehead atoms. The molecule has 2 rings (SSSR count). The highest BCUT2D eigenvalue weighted by molar-refractivity contribution is 7.92. The molecule has 0 saturated carbocycles. The van der Waals surface area contributed by atoms with Crippen LogP contribution in [-0.4, -0.2) is 22.6 Å². The van der Waals surface area contributed by atoms with Crippen molar-refractivity contribution in [1.29, 1.82) is 0 Å². The van der Waals surface area contributed by atoms with Gasteiger partial charge in [0.25, 0.3) is 10.0 Å². The highest BCUT2D eigenvalue weighted by Crippen LogP contribution is 2.31. The Hall–Kier alpha value is -1.63. The molecule has 0 aliphatic rings. The van der Waals surface area contributed by atoms with Gasteiger partial charge in [-0.1, -0.05) is 23.2 Å². The van der Waals surface area contributed by atoms with E-state index in [9.17, 15) is 8.42 Å². The third-order valence-corrected chi connectivity index (χ3v) is 4.75. The molecule has 0 aliphatic heterocycles. The van der Waals surface area contributed by atoms with E-state index in [0.29, 0.717) is 16.5 Å². The highest BCUT2D eigenvalue weighted by atomic mass is 35.5. The Kier molecular flexibility index (Phi) is 5.05. The molecule has 0 aliphatic carbocycles. The average Bonchev–Trinajstić information content (AvgIpc) is 2.47. The van der Waals surface area contributed by atoms with Crippen molar-refractivity contribution in [2.75, 3.05) is 18.9 Å². The van der Waals surface area contributed by atoms with Crippen LogP contribution in [0.25, 0.3) is 0 Å². The maximum atomic E-state index is 12.5. The molecule has 0 fully saturated rings. The number of sulfonamides is 1. The monoisotopic (exact) mass is 361 g/mol. The number of methoxy groups -OCH3 is 2. The Labute approximate surface area is 138 Å². The molecule has 0 atom stereocenters. The predicted molar refractivity (Wildman–Crippen MR) is 86.8 cm³/mol. The summed E-state index contributed by atoms with van der Waals surface area (Å²) < 4.78 is 37.5. The summed E-state index contributed by atoms with van der Waals surface area (Å²) in [5.41, 5.74) is 0.299. The summed E-state index contributed by atoms with van der Waals surface area (Å²) in [6.45, 7) is 0. The van der Waals surface area contributed by atoms with Gasteiger partial charge < -0.3 is 9.47 Å². The normalized spacial score (nSPS) is 11.1. The third-order valence-electron chi connectivity index (χ3n) is 2.82. The summed E-state index contributed by atoms with van der Waals surface area (Å²) in [4.78, 5) is -0.0607. The Bertz CT molecular complexity index is 793. The van der Waals surface area contributed by atoms with Crippen LogP contribution in [0, 0.1) is 0 Å². The van der Waals surface area contributed by atoms with Crippen molar-refractivity contribution in [2.45, 2.75) is 4.90 Å². The minimum atomic E-state index is -3.87. The SMILES string of the molecule is COc1ccc(NS(=O)(=O)c2cc(Cl)ccc2OC)cc1Cl. The van der Waals surface area contributed by atoms with Crippen molar-refractivity contribution in [3.8, 4) is 11.5 Å². The van der Waals surface area contributed by atoms with Crippen LogP contribution in [0.2, 0.25) is 10.0 Å². The van der Waals surface area contributed by atoms with Gasteiger partial charge in [0, 0.05) is 5.02 Å². The quantitative estimate of drug-likeness (QED) is 0.879. The highest BCUT2D eigenvalue weighted by Gasteiger charge is 2.20. The fourth-order valence-corrected chi connectivity index (χ4v) is 3.54. The van der Waals surface area contributed by atoms with Crippen LogP contribution in [0.3, 0.4) is 0 Å². The van der Waals surface area contributed by atoms with E-state index in [0.717, 1.165) is 0 Å². The second-order valence-electron chi connectivity index (χ2n) is 4.25. The summed E-state index contributed by atoms with van der Waals surface area (Å²) >= 11 is 11.8. The van der Waals surface area contributed by atoms with Crippen LogP contribution in [-0.2, 0) is 10.0 Å². The van der Waals surface area contributed by atoms with E-state index in [1.54, 1.807) is 18.2 Å². The van der Waals surface area contributed by atoms with E-state index in [2.05, 4.69) is 4.72 Å². The van der Waals surface area contributed by atoms with Gasteiger partial charge in [-0.05, 0) is 36.4 Å². The van der Waals surface area contributed by atoms with Crippen LogP contribution in [0.4, 0.5) is 5.69 Å². The molecular weight excluding hydrogens is 349 g/mol. The van der Waals surface area contributed by atoms with Gasteiger partial charge in [0.1, 0.15) is 16.4 Å². The van der Waals surface area contributed by atoms with Crippen LogP contribution >= 0.6 is 23.2 Å². The number of halogens is 2. The zero-order valence-corrected chi connectivity index (χ0v) is 14.1. The molecule has 5 nitrogen and oxygen atoms in total. The lowest BCUT2D eigenvalue weighted by atomic mass is 10.3. The first kappa shape index (κ1) is 16.7. The van der Waals surface area contributed by atoms with Crippen molar-refractivity contribution < 1.29 is 17.9 Å². The van der Waals surface area contributed by atoms with Gasteiger partial charge in [-0.25, -0.2) is 8.42 Å². The summed E-state index contributed by atoms with van der Waals surface area (Å²) in [5, 5.41) is 0.578. The van der Waals surface area contributed by atoms with Crippen LogP contribution in [0.5, 0.6) is 11.5 Å². The standard InChI is InChI=1S/C14H13Cl2NO4S/c1-20-12-6-4-10(8-11(12)16)17-22(18,19)14-7-9(15)3-5-13(14)21-2/h3-8,17H,1-2H3. The average molecular weight is 362 g/mol. The summed E-state index contributed by atoms with van der Waals surface area (Å²) in [6, 6.07) is 8.90. The van der Waals surface area contributed by atoms with Gasteiger partial charge >= 0.3 is 0 Å². The van der Waals surface area contributed by atoms with E-state index >= 15 is 0 Å². The molecule has 22 heavy (non-hydrogen) atoms. The van der Waals surface area contributed by atoms with Crippen LogP contribution in [0.15, 0.2) is 41.3 Å². The summed E-state index contributed by atoms with van der Waals surface area (Å²) in [7, 11) is -1.02. The number of nitrogens with one attached hydrogen (secondary N) is 1. The van der Waals surface area contributed by atoms with Gasteiger partial charge in [-0.3, -0.25) is 4.72 Å². The van der Waals surface area contributed by atoms with Crippen LogP contribution in [0.1, 0.15) is 0 Å². The van der Waals surface area contributed by atoms with Gasteiger partial charge in [0.2, 0.25) is 0 Å². The Balaban J connectivity index is 2.40. The number of hydrogen-bond donors (Lipinski definition) is 1. The molecule has 0 spiro atoms. The van der Waals surface area contributed by atoms with Crippen molar-refractivity contribution in [1.82, 2.24) is 0 Å². The topological polar surface area (TPSA) is 64.6 Å². The largest absolute Gasteiger partial charge is 0.495 e. The predicted octanol–water partition coefficient (Wildman–Crippen LogP) is 3.81. The van der Waals surface area contributed by atoms with E-state index < -0.39 is 10.0 Å². The Morgan fingerprint density at radius 2 is 1.59 bits per heavy atom. The number of benzene rings is 2. The number of hydrogen-bond acceptors (Lipinski definition) is 4. The van der Waals surface area contributed by atoms with Crippen molar-refractivity contribution in [3.05, 3.63) is 46.4 Å². The molecule has 2 aromatic rings. The first-order chi connectivity index (χ1) is 10.4. The van der Waals surface area contributed by atoms with Crippen molar-refractivity contribution in [3.63, 3.8) is 0 Å². The molecule has 1 N–H and O–H groups in total. The van der Waals surface area contributed by atoms with Gasteiger partial charge in [-0.15, -0.1) is 0 Å².